The largest absolute Gasteiger partial charge is 0.363 e. The van der Waals surface area contributed by atoms with Gasteiger partial charge in [0.25, 0.3) is 5.56 Å². The lowest BCUT2D eigenvalue weighted by Gasteiger charge is -2.20. The highest BCUT2D eigenvalue weighted by molar-refractivity contribution is 6.31. The number of H-pyrrole nitrogens is 1. The van der Waals surface area contributed by atoms with E-state index in [1.54, 1.807) is 18.2 Å². The fourth-order valence-corrected chi connectivity index (χ4v) is 3.49. The summed E-state index contributed by atoms with van der Waals surface area (Å²) < 4.78 is 0. The van der Waals surface area contributed by atoms with Crippen LogP contribution in [0.1, 0.15) is 17.0 Å². The van der Waals surface area contributed by atoms with Gasteiger partial charge in [0, 0.05) is 17.3 Å². The van der Waals surface area contributed by atoms with E-state index in [-0.39, 0.29) is 5.56 Å². The number of anilines is 1. The molecule has 0 radical (unpaired) electrons. The van der Waals surface area contributed by atoms with E-state index in [1.807, 2.05) is 0 Å². The van der Waals surface area contributed by atoms with Crippen molar-refractivity contribution in [1.82, 2.24) is 9.97 Å². The molecule has 1 aliphatic heterocycles. The highest BCUT2D eigenvalue weighted by Gasteiger charge is 2.21. The van der Waals surface area contributed by atoms with Gasteiger partial charge >= 0.3 is 0 Å². The van der Waals surface area contributed by atoms with E-state index in [0.717, 1.165) is 13.0 Å². The maximum atomic E-state index is 12.3. The zero-order chi connectivity index (χ0) is 16.0. The Balaban J connectivity index is 1.73. The molecule has 0 atom stereocenters. The van der Waals surface area contributed by atoms with Gasteiger partial charge < -0.3 is 9.88 Å². The summed E-state index contributed by atoms with van der Waals surface area (Å²) in [4.78, 5) is 22.0. The van der Waals surface area contributed by atoms with Crippen LogP contribution in [0.4, 0.5) is 5.69 Å². The van der Waals surface area contributed by atoms with Crippen molar-refractivity contribution in [3.63, 3.8) is 0 Å². The number of aryl methyl sites for hydroxylation is 1. The summed E-state index contributed by atoms with van der Waals surface area (Å²) in [5.41, 5.74) is 4.43. The van der Waals surface area contributed by atoms with Crippen LogP contribution in [0.5, 0.6) is 0 Å². The number of nitrogens with zero attached hydrogens (tertiary/aromatic N) is 2. The number of fused-ring (bicyclic) bond motifs is 2. The zero-order valence-electron chi connectivity index (χ0n) is 12.8. The molecular formula is C18H16ClN3O. The van der Waals surface area contributed by atoms with Crippen LogP contribution >= 0.6 is 11.6 Å². The van der Waals surface area contributed by atoms with Gasteiger partial charge in [0.05, 0.1) is 17.4 Å². The molecule has 0 bridgehead atoms. The number of halogens is 1. The lowest BCUT2D eigenvalue weighted by molar-refractivity contribution is 0.785. The highest BCUT2D eigenvalue weighted by atomic mass is 35.5. The second-order valence-corrected chi connectivity index (χ2v) is 6.36. The van der Waals surface area contributed by atoms with Crippen LogP contribution in [-0.4, -0.2) is 16.5 Å². The van der Waals surface area contributed by atoms with Crippen molar-refractivity contribution < 1.29 is 0 Å². The van der Waals surface area contributed by atoms with Crippen LogP contribution in [0, 0.1) is 6.92 Å². The first-order valence-corrected chi connectivity index (χ1v) is 8.01. The minimum atomic E-state index is -0.142. The molecule has 116 valence electrons. The number of benzene rings is 2. The Morgan fingerprint density at radius 3 is 3.04 bits per heavy atom. The van der Waals surface area contributed by atoms with E-state index in [4.69, 9.17) is 11.6 Å². The number of nitrogens with one attached hydrogen (secondary N) is 1. The summed E-state index contributed by atoms with van der Waals surface area (Å²) in [6, 6.07) is 11.6. The molecule has 0 unspecified atom stereocenters. The van der Waals surface area contributed by atoms with Gasteiger partial charge in [0.2, 0.25) is 0 Å². The second-order valence-electron chi connectivity index (χ2n) is 5.93. The molecule has 1 aliphatic rings. The van der Waals surface area contributed by atoms with E-state index in [0.29, 0.717) is 28.3 Å². The second kappa shape index (κ2) is 5.39. The molecule has 4 rings (SSSR count). The Morgan fingerprint density at radius 2 is 2.17 bits per heavy atom. The predicted octanol–water partition coefficient (Wildman–Crippen LogP) is 3.45. The molecule has 0 saturated carbocycles. The van der Waals surface area contributed by atoms with Crippen LogP contribution < -0.4 is 10.5 Å². The Hall–Kier alpha value is -2.33. The topological polar surface area (TPSA) is 49.0 Å². The minimum Gasteiger partial charge on any atom is -0.363 e. The van der Waals surface area contributed by atoms with Crippen molar-refractivity contribution in [3.05, 3.63) is 68.7 Å². The van der Waals surface area contributed by atoms with Crippen molar-refractivity contribution in [2.45, 2.75) is 19.9 Å². The Bertz CT molecular complexity index is 964. The average molecular weight is 326 g/mol. The highest BCUT2D eigenvalue weighted by Crippen LogP contribution is 2.32. The molecular weight excluding hydrogens is 310 g/mol. The van der Waals surface area contributed by atoms with Gasteiger partial charge in [-0.3, -0.25) is 4.79 Å². The van der Waals surface area contributed by atoms with Crippen LogP contribution in [-0.2, 0) is 13.0 Å². The standard InChI is InChI=1S/C18H16ClN3O/c1-11-3-2-4-12-7-8-22(17(11)12)10-16-20-15-6-5-13(19)9-14(15)18(23)21-16/h2-6,9H,7-8,10H2,1H3,(H,20,21,23). The molecule has 1 aromatic heterocycles. The van der Waals surface area contributed by atoms with Gasteiger partial charge in [0.1, 0.15) is 5.82 Å². The molecule has 0 amide bonds. The fraction of sp³-hybridized carbons (Fsp3) is 0.222. The first-order chi connectivity index (χ1) is 11.1. The van der Waals surface area contributed by atoms with Gasteiger partial charge in [-0.1, -0.05) is 29.8 Å². The van der Waals surface area contributed by atoms with Crippen molar-refractivity contribution >= 4 is 28.2 Å². The van der Waals surface area contributed by atoms with E-state index in [1.165, 1.54) is 16.8 Å². The molecule has 0 fully saturated rings. The van der Waals surface area contributed by atoms with Crippen LogP contribution in [0.3, 0.4) is 0 Å². The summed E-state index contributed by atoms with van der Waals surface area (Å²) in [6.45, 7) is 3.67. The lowest BCUT2D eigenvalue weighted by atomic mass is 10.1. The number of hydrogen-bond donors (Lipinski definition) is 1. The monoisotopic (exact) mass is 325 g/mol. The molecule has 4 nitrogen and oxygen atoms in total. The quantitative estimate of drug-likeness (QED) is 0.785. The Kier molecular flexibility index (Phi) is 3.34. The SMILES string of the molecule is Cc1cccc2c1N(Cc1nc3ccc(Cl)cc3c(=O)[nH]1)CC2. The summed E-state index contributed by atoms with van der Waals surface area (Å²) in [5, 5.41) is 1.07. The molecule has 0 saturated heterocycles. The smallest absolute Gasteiger partial charge is 0.258 e. The first-order valence-electron chi connectivity index (χ1n) is 7.64. The number of aromatic nitrogens is 2. The van der Waals surface area contributed by atoms with Crippen LogP contribution in [0.15, 0.2) is 41.2 Å². The lowest BCUT2D eigenvalue weighted by Crippen LogP contribution is -2.24. The fourth-order valence-electron chi connectivity index (χ4n) is 3.31. The summed E-state index contributed by atoms with van der Waals surface area (Å²) in [5.74, 6) is 0.681. The molecule has 0 aliphatic carbocycles. The number of aromatic amines is 1. The van der Waals surface area contributed by atoms with E-state index in [9.17, 15) is 4.79 Å². The molecule has 2 heterocycles. The molecule has 0 spiro atoms. The van der Waals surface area contributed by atoms with Crippen molar-refractivity contribution in [3.8, 4) is 0 Å². The average Bonchev–Trinajstić information content (AvgIpc) is 2.93. The Morgan fingerprint density at radius 1 is 1.30 bits per heavy atom. The van der Waals surface area contributed by atoms with Crippen LogP contribution in [0.2, 0.25) is 5.02 Å². The van der Waals surface area contributed by atoms with Crippen molar-refractivity contribution in [1.29, 1.82) is 0 Å². The molecule has 2 aromatic carbocycles. The number of para-hydroxylation sites is 1. The maximum Gasteiger partial charge on any atom is 0.258 e. The van der Waals surface area contributed by atoms with Crippen molar-refractivity contribution in [2.24, 2.45) is 0 Å². The van der Waals surface area contributed by atoms with Crippen molar-refractivity contribution in [2.75, 3.05) is 11.4 Å². The number of rotatable bonds is 2. The van der Waals surface area contributed by atoms with E-state index < -0.39 is 0 Å². The summed E-state index contributed by atoms with van der Waals surface area (Å²) in [7, 11) is 0. The van der Waals surface area contributed by atoms with E-state index in [2.05, 4.69) is 40.0 Å². The zero-order valence-corrected chi connectivity index (χ0v) is 13.5. The van der Waals surface area contributed by atoms with E-state index >= 15 is 0 Å². The molecule has 3 aromatic rings. The third kappa shape index (κ3) is 2.49. The van der Waals surface area contributed by atoms with Crippen LogP contribution in [0.25, 0.3) is 10.9 Å². The van der Waals surface area contributed by atoms with Gasteiger partial charge in [-0.15, -0.1) is 0 Å². The summed E-state index contributed by atoms with van der Waals surface area (Å²) >= 11 is 5.95. The minimum absolute atomic E-state index is 0.142. The van der Waals surface area contributed by atoms with Gasteiger partial charge in [-0.25, -0.2) is 4.98 Å². The molecule has 5 heteroatoms. The maximum absolute atomic E-state index is 12.3. The number of hydrogen-bond acceptors (Lipinski definition) is 3. The third-order valence-corrected chi connectivity index (χ3v) is 4.58. The molecule has 1 N–H and O–H groups in total. The van der Waals surface area contributed by atoms with Gasteiger partial charge in [-0.2, -0.15) is 0 Å². The normalized spacial score (nSPS) is 13.6. The van der Waals surface area contributed by atoms with Gasteiger partial charge in [0.15, 0.2) is 0 Å². The predicted molar refractivity (Wildman–Crippen MR) is 93.3 cm³/mol. The van der Waals surface area contributed by atoms with Gasteiger partial charge in [-0.05, 0) is 42.7 Å². The molecule has 23 heavy (non-hydrogen) atoms. The first kappa shape index (κ1) is 14.3. The Labute approximate surface area is 138 Å². The summed E-state index contributed by atoms with van der Waals surface area (Å²) in [6.07, 6.45) is 1.03. The third-order valence-electron chi connectivity index (χ3n) is 4.35.